The molecule has 0 aliphatic heterocycles. The molecule has 2 N–H and O–H groups in total. The van der Waals surface area contributed by atoms with Crippen molar-refractivity contribution in [2.24, 2.45) is 5.73 Å². The van der Waals surface area contributed by atoms with Gasteiger partial charge < -0.3 is 14.9 Å². The van der Waals surface area contributed by atoms with Gasteiger partial charge in [0.15, 0.2) is 0 Å². The number of carbonyl (C=O) groups excluding carboxylic acids is 1. The molecule has 0 spiro atoms. The van der Waals surface area contributed by atoms with Crippen LogP contribution in [0.2, 0.25) is 5.02 Å². The molecule has 2 heterocycles. The van der Waals surface area contributed by atoms with Crippen LogP contribution >= 0.6 is 11.6 Å². The molecule has 1 atom stereocenters. The normalized spacial score (nSPS) is 12.3. The summed E-state index contributed by atoms with van der Waals surface area (Å²) >= 11 is 6.07. The monoisotopic (exact) mass is 347 g/mol. The third-order valence-electron chi connectivity index (χ3n) is 3.72. The van der Waals surface area contributed by atoms with E-state index in [-0.39, 0.29) is 12.2 Å². The Hall–Kier alpha value is -2.44. The van der Waals surface area contributed by atoms with Gasteiger partial charge in [-0.1, -0.05) is 11.6 Å². The van der Waals surface area contributed by atoms with Gasteiger partial charge in [-0.25, -0.2) is 9.37 Å². The van der Waals surface area contributed by atoms with E-state index in [0.717, 1.165) is 5.56 Å². The lowest BCUT2D eigenvalue weighted by Crippen LogP contribution is -2.34. The standard InChI is InChI=1S/C17H15ClFN3O2/c1-24-17(23)13(20)8-14-16(10-2-5-12(19)6-3-10)21-15-7-4-11(18)9-22(14)15/h2-7,9,13H,8,20H2,1H3. The number of hydrogen-bond donors (Lipinski definition) is 1. The summed E-state index contributed by atoms with van der Waals surface area (Å²) in [6.07, 6.45) is 1.91. The Morgan fingerprint density at radius 3 is 2.71 bits per heavy atom. The van der Waals surface area contributed by atoms with Crippen molar-refractivity contribution < 1.29 is 13.9 Å². The molecule has 1 unspecified atom stereocenters. The zero-order chi connectivity index (χ0) is 17.3. The topological polar surface area (TPSA) is 69.6 Å². The maximum absolute atomic E-state index is 13.2. The highest BCUT2D eigenvalue weighted by Gasteiger charge is 2.21. The maximum Gasteiger partial charge on any atom is 0.323 e. The van der Waals surface area contributed by atoms with Gasteiger partial charge in [0, 0.05) is 18.2 Å². The van der Waals surface area contributed by atoms with Gasteiger partial charge in [-0.15, -0.1) is 0 Å². The van der Waals surface area contributed by atoms with Crippen molar-refractivity contribution in [3.05, 3.63) is 59.1 Å². The number of aromatic nitrogens is 2. The average molecular weight is 348 g/mol. The summed E-state index contributed by atoms with van der Waals surface area (Å²) in [5, 5.41) is 0.526. The second kappa shape index (κ2) is 6.59. The van der Waals surface area contributed by atoms with E-state index in [9.17, 15) is 9.18 Å². The summed E-state index contributed by atoms with van der Waals surface area (Å²) in [5.41, 5.74) is 8.62. The zero-order valence-corrected chi connectivity index (χ0v) is 13.6. The van der Waals surface area contributed by atoms with E-state index in [1.165, 1.54) is 19.2 Å². The van der Waals surface area contributed by atoms with E-state index in [1.54, 1.807) is 34.9 Å². The molecule has 1 aromatic carbocycles. The maximum atomic E-state index is 13.2. The Labute approximate surface area is 142 Å². The number of imidazole rings is 1. The highest BCUT2D eigenvalue weighted by Crippen LogP contribution is 2.27. The van der Waals surface area contributed by atoms with Crippen molar-refractivity contribution in [2.45, 2.75) is 12.5 Å². The van der Waals surface area contributed by atoms with E-state index in [1.807, 2.05) is 0 Å². The van der Waals surface area contributed by atoms with Crippen molar-refractivity contribution >= 4 is 23.2 Å². The molecule has 2 aromatic heterocycles. The molecule has 0 bridgehead atoms. The molecule has 3 rings (SSSR count). The lowest BCUT2D eigenvalue weighted by atomic mass is 10.1. The van der Waals surface area contributed by atoms with Gasteiger partial charge in [0.2, 0.25) is 0 Å². The number of rotatable bonds is 4. The Morgan fingerprint density at radius 1 is 1.33 bits per heavy atom. The fraction of sp³-hybridized carbons (Fsp3) is 0.176. The number of halogens is 2. The highest BCUT2D eigenvalue weighted by molar-refractivity contribution is 6.30. The number of carbonyl (C=O) groups is 1. The van der Waals surface area contributed by atoms with E-state index < -0.39 is 12.0 Å². The minimum Gasteiger partial charge on any atom is -0.468 e. The van der Waals surface area contributed by atoms with Crippen LogP contribution in [0.25, 0.3) is 16.9 Å². The Bertz CT molecular complexity index is 893. The fourth-order valence-corrected chi connectivity index (χ4v) is 2.70. The second-order valence-electron chi connectivity index (χ2n) is 5.32. The molecule has 24 heavy (non-hydrogen) atoms. The molecular formula is C17H15ClFN3O2. The van der Waals surface area contributed by atoms with Gasteiger partial charge >= 0.3 is 5.97 Å². The smallest absolute Gasteiger partial charge is 0.323 e. The predicted octanol–water partition coefficient (Wildman–Crippen LogP) is 2.84. The molecule has 0 aliphatic rings. The molecule has 7 heteroatoms. The SMILES string of the molecule is COC(=O)C(N)Cc1c(-c2ccc(F)cc2)nc2ccc(Cl)cn12. The number of nitrogens with zero attached hydrogens (tertiary/aromatic N) is 2. The van der Waals surface area contributed by atoms with Crippen LogP contribution in [0.4, 0.5) is 4.39 Å². The van der Waals surface area contributed by atoms with Crippen LogP contribution in [0.5, 0.6) is 0 Å². The minimum atomic E-state index is -0.840. The van der Waals surface area contributed by atoms with Crippen LogP contribution in [0.15, 0.2) is 42.6 Å². The Morgan fingerprint density at radius 2 is 2.04 bits per heavy atom. The summed E-state index contributed by atoms with van der Waals surface area (Å²) in [4.78, 5) is 16.2. The number of methoxy groups -OCH3 is 1. The van der Waals surface area contributed by atoms with Crippen LogP contribution < -0.4 is 5.73 Å². The fourth-order valence-electron chi connectivity index (χ4n) is 2.54. The van der Waals surface area contributed by atoms with E-state index in [0.29, 0.717) is 22.1 Å². The number of fused-ring (bicyclic) bond motifs is 1. The van der Waals surface area contributed by atoms with Gasteiger partial charge in [-0.2, -0.15) is 0 Å². The minimum absolute atomic E-state index is 0.209. The number of pyridine rings is 1. The van der Waals surface area contributed by atoms with E-state index in [4.69, 9.17) is 17.3 Å². The quantitative estimate of drug-likeness (QED) is 0.737. The molecule has 0 saturated carbocycles. The largest absolute Gasteiger partial charge is 0.468 e. The summed E-state index contributed by atoms with van der Waals surface area (Å²) in [5.74, 6) is -0.851. The first-order valence-corrected chi connectivity index (χ1v) is 7.63. The summed E-state index contributed by atoms with van der Waals surface area (Å²) in [6.45, 7) is 0. The summed E-state index contributed by atoms with van der Waals surface area (Å²) in [6, 6.07) is 8.63. The number of benzene rings is 1. The van der Waals surface area contributed by atoms with Crippen LogP contribution in [-0.2, 0) is 16.0 Å². The predicted molar refractivity (Wildman–Crippen MR) is 89.3 cm³/mol. The summed E-state index contributed by atoms with van der Waals surface area (Å²) < 4.78 is 19.7. The molecule has 5 nitrogen and oxygen atoms in total. The first-order chi connectivity index (χ1) is 11.5. The molecule has 3 aromatic rings. The number of ether oxygens (including phenoxy) is 1. The lowest BCUT2D eigenvalue weighted by molar-refractivity contribution is -0.142. The number of nitrogens with two attached hydrogens (primary N) is 1. The first-order valence-electron chi connectivity index (χ1n) is 7.25. The van der Waals surface area contributed by atoms with Crippen LogP contribution in [-0.4, -0.2) is 28.5 Å². The van der Waals surface area contributed by atoms with Crippen molar-refractivity contribution in [1.29, 1.82) is 0 Å². The third-order valence-corrected chi connectivity index (χ3v) is 3.94. The van der Waals surface area contributed by atoms with Crippen molar-refractivity contribution in [3.63, 3.8) is 0 Å². The number of esters is 1. The molecule has 0 saturated heterocycles. The molecule has 0 amide bonds. The van der Waals surface area contributed by atoms with Crippen molar-refractivity contribution in [2.75, 3.05) is 7.11 Å². The Balaban J connectivity index is 2.15. The number of hydrogen-bond acceptors (Lipinski definition) is 4. The third kappa shape index (κ3) is 3.11. The molecule has 0 radical (unpaired) electrons. The van der Waals surface area contributed by atoms with Gasteiger partial charge in [0.25, 0.3) is 0 Å². The molecular weight excluding hydrogens is 333 g/mol. The van der Waals surface area contributed by atoms with E-state index >= 15 is 0 Å². The zero-order valence-electron chi connectivity index (χ0n) is 12.9. The molecule has 124 valence electrons. The van der Waals surface area contributed by atoms with Gasteiger partial charge in [0.1, 0.15) is 17.5 Å². The van der Waals surface area contributed by atoms with Gasteiger partial charge in [-0.3, -0.25) is 4.79 Å². The van der Waals surface area contributed by atoms with Crippen molar-refractivity contribution in [3.8, 4) is 11.3 Å². The van der Waals surface area contributed by atoms with Crippen molar-refractivity contribution in [1.82, 2.24) is 9.38 Å². The lowest BCUT2D eigenvalue weighted by Gasteiger charge is -2.11. The van der Waals surface area contributed by atoms with Gasteiger partial charge in [-0.05, 0) is 36.4 Å². The van der Waals surface area contributed by atoms with E-state index in [2.05, 4.69) is 9.72 Å². The van der Waals surface area contributed by atoms with Crippen LogP contribution in [0.1, 0.15) is 5.69 Å². The molecule has 0 fully saturated rings. The molecule has 0 aliphatic carbocycles. The average Bonchev–Trinajstić information content (AvgIpc) is 2.92. The first kappa shape index (κ1) is 16.4. The van der Waals surface area contributed by atoms with Crippen LogP contribution in [0.3, 0.4) is 0 Å². The van der Waals surface area contributed by atoms with Gasteiger partial charge in [0.05, 0.1) is 23.5 Å². The highest BCUT2D eigenvalue weighted by atomic mass is 35.5. The van der Waals surface area contributed by atoms with Crippen LogP contribution in [0, 0.1) is 5.82 Å². The summed E-state index contributed by atoms with van der Waals surface area (Å²) in [7, 11) is 1.29. The second-order valence-corrected chi connectivity index (χ2v) is 5.76. The Kier molecular flexibility index (Phi) is 4.51.